The Bertz CT molecular complexity index is 544. The Morgan fingerprint density at radius 2 is 1.87 bits per heavy atom. The predicted molar refractivity (Wildman–Crippen MR) is 84.8 cm³/mol. The topological polar surface area (TPSA) is 55.3 Å². The van der Waals surface area contributed by atoms with E-state index < -0.39 is 52.2 Å². The minimum Gasteiger partial charge on any atom is -0.598 e. The van der Waals surface area contributed by atoms with Gasteiger partial charge in [-0.2, -0.15) is 0 Å². The van der Waals surface area contributed by atoms with Gasteiger partial charge in [-0.1, -0.05) is 15.9 Å². The molecule has 0 fully saturated rings. The van der Waals surface area contributed by atoms with E-state index in [0.29, 0.717) is 0 Å². The van der Waals surface area contributed by atoms with Gasteiger partial charge in [0.05, 0.1) is 6.61 Å². The number of aliphatic hydroxyl groups is 1. The number of hydrogen-bond donors (Lipinski definition) is 2. The molecule has 0 saturated heterocycles. The van der Waals surface area contributed by atoms with Crippen LogP contribution >= 0.6 is 15.9 Å². The van der Waals surface area contributed by atoms with E-state index in [9.17, 15) is 22.1 Å². The van der Waals surface area contributed by atoms with E-state index >= 15 is 0 Å². The zero-order valence-electron chi connectivity index (χ0n) is 12.7. The summed E-state index contributed by atoms with van der Waals surface area (Å²) in [6.45, 7) is 3.20. The second-order valence-corrected chi connectivity index (χ2v) is 8.81. The van der Waals surface area contributed by atoms with E-state index in [4.69, 9.17) is 5.11 Å². The van der Waals surface area contributed by atoms with Crippen LogP contribution in [0.4, 0.5) is 17.6 Å². The van der Waals surface area contributed by atoms with Crippen LogP contribution in [0, 0.1) is 5.82 Å². The predicted octanol–water partition coefficient (Wildman–Crippen LogP) is 3.43. The van der Waals surface area contributed by atoms with Crippen molar-refractivity contribution in [1.29, 1.82) is 0 Å². The normalized spacial score (nSPS) is 17.9. The van der Waals surface area contributed by atoms with Gasteiger partial charge in [-0.3, -0.25) is 0 Å². The Morgan fingerprint density at radius 1 is 1.30 bits per heavy atom. The molecule has 0 aliphatic carbocycles. The molecule has 1 aromatic carbocycles. The van der Waals surface area contributed by atoms with Gasteiger partial charge in [0, 0.05) is 21.4 Å². The largest absolute Gasteiger partial charge is 0.598 e. The summed E-state index contributed by atoms with van der Waals surface area (Å²) in [7, 11) is 0. The van der Waals surface area contributed by atoms with Gasteiger partial charge in [0.2, 0.25) is 0 Å². The van der Waals surface area contributed by atoms with Crippen LogP contribution in [0.5, 0.6) is 0 Å². The van der Waals surface area contributed by atoms with Crippen molar-refractivity contribution in [3.63, 3.8) is 0 Å². The molecule has 0 aromatic heterocycles. The fourth-order valence-electron chi connectivity index (χ4n) is 1.85. The molecule has 3 nitrogen and oxygen atoms in total. The van der Waals surface area contributed by atoms with Gasteiger partial charge in [0.25, 0.3) is 6.43 Å². The van der Waals surface area contributed by atoms with E-state index in [1.54, 1.807) is 0 Å². The van der Waals surface area contributed by atoms with E-state index in [1.807, 2.05) is 4.72 Å². The molecule has 0 bridgehead atoms. The number of nitrogens with one attached hydrogen (secondary N) is 1. The van der Waals surface area contributed by atoms with Crippen molar-refractivity contribution in [2.45, 2.75) is 43.7 Å². The summed E-state index contributed by atoms with van der Waals surface area (Å²) in [5.74, 6) is -1.09. The summed E-state index contributed by atoms with van der Waals surface area (Å²) >= 11 is 0.887. The molecule has 132 valence electrons. The van der Waals surface area contributed by atoms with Crippen molar-refractivity contribution in [1.82, 2.24) is 4.72 Å². The summed E-state index contributed by atoms with van der Waals surface area (Å²) in [4.78, 5) is 0. The number of hydrogen-bond acceptors (Lipinski definition) is 3. The lowest BCUT2D eigenvalue weighted by molar-refractivity contribution is -0.0304. The number of benzene rings is 1. The molecule has 0 aliphatic heterocycles. The average Bonchev–Trinajstić information content (AvgIpc) is 2.45. The van der Waals surface area contributed by atoms with Gasteiger partial charge in [-0.25, -0.2) is 17.6 Å². The Balaban J connectivity index is 3.55. The molecule has 1 rings (SSSR count). The van der Waals surface area contributed by atoms with Crippen LogP contribution in [0.15, 0.2) is 22.7 Å². The molecule has 0 amide bonds. The zero-order chi connectivity index (χ0) is 18.0. The Labute approximate surface area is 143 Å². The third kappa shape index (κ3) is 4.39. The smallest absolute Gasteiger partial charge is 0.267 e. The number of halogens is 5. The van der Waals surface area contributed by atoms with E-state index in [0.717, 1.165) is 12.1 Å². The van der Waals surface area contributed by atoms with Crippen molar-refractivity contribution in [2.75, 3.05) is 6.61 Å². The summed E-state index contributed by atoms with van der Waals surface area (Å²) in [5.41, 5.74) is -3.65. The highest BCUT2D eigenvalue weighted by Gasteiger charge is 2.55. The fourth-order valence-corrected chi connectivity index (χ4v) is 3.15. The third-order valence-corrected chi connectivity index (χ3v) is 5.32. The lowest BCUT2D eigenvalue weighted by Crippen LogP contribution is -2.61. The minimum atomic E-state index is -3.46. The second kappa shape index (κ2) is 7.69. The molecule has 1 aromatic rings. The highest BCUT2D eigenvalue weighted by molar-refractivity contribution is 9.10. The summed E-state index contributed by atoms with van der Waals surface area (Å²) < 4.78 is 69.6. The first-order valence-corrected chi connectivity index (χ1v) is 8.59. The van der Waals surface area contributed by atoms with Gasteiger partial charge in [-0.05, 0) is 39.0 Å². The SMILES string of the molecule is CC(C)(C)[S@@+]([O-])N[C@@](c1cc(Br)ccc1F)(C(F)F)[C@@H](F)CO. The van der Waals surface area contributed by atoms with Crippen molar-refractivity contribution in [3.05, 3.63) is 34.1 Å². The van der Waals surface area contributed by atoms with E-state index in [1.165, 1.54) is 26.8 Å². The molecule has 23 heavy (non-hydrogen) atoms. The van der Waals surface area contributed by atoms with Crippen molar-refractivity contribution >= 4 is 27.3 Å². The molecule has 9 heteroatoms. The van der Waals surface area contributed by atoms with Gasteiger partial charge >= 0.3 is 0 Å². The number of rotatable bonds is 6. The van der Waals surface area contributed by atoms with Crippen LogP contribution < -0.4 is 4.72 Å². The molecule has 0 heterocycles. The quantitative estimate of drug-likeness (QED) is 0.548. The second-order valence-electron chi connectivity index (χ2n) is 5.93. The molecule has 0 saturated carbocycles. The molecule has 0 aliphatic rings. The molecular weight excluding hydrogens is 402 g/mol. The molecule has 0 unspecified atom stereocenters. The highest BCUT2D eigenvalue weighted by atomic mass is 79.9. The number of alkyl halides is 3. The first-order chi connectivity index (χ1) is 10.5. The molecular formula is C14H18BrF4NO2S. The summed E-state index contributed by atoms with van der Waals surface area (Å²) in [6, 6.07) is 3.14. The Morgan fingerprint density at radius 3 is 2.30 bits per heavy atom. The van der Waals surface area contributed by atoms with Crippen molar-refractivity contribution in [2.24, 2.45) is 0 Å². The zero-order valence-corrected chi connectivity index (χ0v) is 15.1. The van der Waals surface area contributed by atoms with Crippen LogP contribution in [-0.2, 0) is 16.9 Å². The molecule has 0 radical (unpaired) electrons. The number of aliphatic hydroxyl groups excluding tert-OH is 1. The van der Waals surface area contributed by atoms with Gasteiger partial charge in [-0.15, -0.1) is 4.72 Å². The van der Waals surface area contributed by atoms with E-state index in [-0.39, 0.29) is 4.47 Å². The fraction of sp³-hybridized carbons (Fsp3) is 0.571. The van der Waals surface area contributed by atoms with E-state index in [2.05, 4.69) is 15.9 Å². The van der Waals surface area contributed by atoms with Gasteiger partial charge in [0.15, 0.2) is 11.7 Å². The maximum Gasteiger partial charge on any atom is 0.267 e. The Hall–Kier alpha value is -0.350. The first-order valence-electron chi connectivity index (χ1n) is 6.65. The maximum absolute atomic E-state index is 14.3. The first kappa shape index (κ1) is 20.7. The van der Waals surface area contributed by atoms with Crippen LogP contribution in [0.25, 0.3) is 0 Å². The standard InChI is InChI=1S/C14H18BrF4NO2S/c1-13(2,3)23(22)20-14(12(18)19,11(17)7-21)9-6-8(15)4-5-10(9)16/h4-6,11-12,20-21H,7H2,1-3H3/t11-,14+,23+/m0/s1. The van der Waals surface area contributed by atoms with Crippen LogP contribution in [0.1, 0.15) is 26.3 Å². The third-order valence-electron chi connectivity index (χ3n) is 3.19. The van der Waals surface area contributed by atoms with Crippen molar-refractivity contribution in [3.8, 4) is 0 Å². The van der Waals surface area contributed by atoms with Crippen LogP contribution in [-0.4, -0.2) is 33.6 Å². The molecule has 0 spiro atoms. The summed E-state index contributed by atoms with van der Waals surface area (Å²) in [6.07, 6.45) is -6.03. The highest BCUT2D eigenvalue weighted by Crippen LogP contribution is 2.38. The van der Waals surface area contributed by atoms with Crippen molar-refractivity contribution < 1.29 is 27.2 Å². The van der Waals surface area contributed by atoms with Crippen LogP contribution in [0.2, 0.25) is 0 Å². The minimum absolute atomic E-state index is 0.243. The van der Waals surface area contributed by atoms with Gasteiger partial charge in [0.1, 0.15) is 10.6 Å². The lowest BCUT2D eigenvalue weighted by atomic mass is 9.86. The van der Waals surface area contributed by atoms with Gasteiger partial charge < -0.3 is 9.66 Å². The molecule has 3 atom stereocenters. The van der Waals surface area contributed by atoms with Crippen LogP contribution in [0.3, 0.4) is 0 Å². The summed E-state index contributed by atoms with van der Waals surface area (Å²) in [5, 5.41) is 9.08. The monoisotopic (exact) mass is 419 g/mol. The molecule has 2 N–H and O–H groups in total. The maximum atomic E-state index is 14.3. The Kier molecular flexibility index (Phi) is 6.92. The lowest BCUT2D eigenvalue weighted by Gasteiger charge is -2.38. The average molecular weight is 420 g/mol.